The number of nitro groups is 1. The van der Waals surface area contributed by atoms with Crippen molar-refractivity contribution in [2.24, 2.45) is 0 Å². The van der Waals surface area contributed by atoms with E-state index < -0.39 is 43.9 Å². The second kappa shape index (κ2) is 7.26. The van der Waals surface area contributed by atoms with Gasteiger partial charge in [-0.1, -0.05) is 18.2 Å². The Kier molecular flexibility index (Phi) is 5.32. The van der Waals surface area contributed by atoms with Crippen molar-refractivity contribution in [3.63, 3.8) is 0 Å². The molecule has 0 aromatic heterocycles. The third-order valence-electron chi connectivity index (χ3n) is 3.24. The summed E-state index contributed by atoms with van der Waals surface area (Å²) >= 11 is 0. The third kappa shape index (κ3) is 3.91. The van der Waals surface area contributed by atoms with Gasteiger partial charge in [0.25, 0.3) is 15.7 Å². The zero-order chi connectivity index (χ0) is 18.6. The molecule has 2 aromatic carbocycles. The third-order valence-corrected chi connectivity index (χ3v) is 4.99. The van der Waals surface area contributed by atoms with E-state index in [4.69, 9.17) is 0 Å². The fourth-order valence-corrected chi connectivity index (χ4v) is 3.48. The number of rotatable bonds is 6. The summed E-state index contributed by atoms with van der Waals surface area (Å²) in [4.78, 5) is 21.3. The average molecular weight is 368 g/mol. The van der Waals surface area contributed by atoms with Gasteiger partial charge in [0, 0.05) is 12.1 Å². The number of para-hydroxylation sites is 1. The summed E-state index contributed by atoms with van der Waals surface area (Å²) in [6.07, 6.45) is 0. The minimum atomic E-state index is -4.45. The molecule has 2 aromatic rings. The number of non-ortho nitro benzene ring substituents is 1. The van der Waals surface area contributed by atoms with Gasteiger partial charge in [-0.3, -0.25) is 19.2 Å². The van der Waals surface area contributed by atoms with E-state index in [1.165, 1.54) is 24.3 Å². The maximum Gasteiger partial charge on any atom is 0.326 e. The lowest BCUT2D eigenvalue weighted by Crippen LogP contribution is -2.37. The summed E-state index contributed by atoms with van der Waals surface area (Å²) in [6, 6.07) is 9.21. The largest absolute Gasteiger partial charge is 0.468 e. The maximum absolute atomic E-state index is 14.1. The number of hydrogen-bond acceptors (Lipinski definition) is 6. The normalized spacial score (nSPS) is 11.0. The molecule has 25 heavy (non-hydrogen) atoms. The van der Waals surface area contributed by atoms with E-state index in [2.05, 4.69) is 4.74 Å². The summed E-state index contributed by atoms with van der Waals surface area (Å²) in [5.41, 5.74) is -0.827. The highest BCUT2D eigenvalue weighted by Crippen LogP contribution is 2.27. The zero-order valence-corrected chi connectivity index (χ0v) is 13.8. The van der Waals surface area contributed by atoms with Gasteiger partial charge in [-0.25, -0.2) is 12.8 Å². The summed E-state index contributed by atoms with van der Waals surface area (Å²) in [7, 11) is -3.39. The molecule has 2 rings (SSSR count). The first-order valence-corrected chi connectivity index (χ1v) is 8.30. The van der Waals surface area contributed by atoms with Crippen LogP contribution >= 0.6 is 0 Å². The van der Waals surface area contributed by atoms with Gasteiger partial charge in [0.05, 0.1) is 22.6 Å². The number of anilines is 1. The summed E-state index contributed by atoms with van der Waals surface area (Å²) in [5, 5.41) is 10.9. The number of ether oxygens (including phenoxy) is 1. The highest BCUT2D eigenvalue weighted by atomic mass is 32.2. The summed E-state index contributed by atoms with van der Waals surface area (Å²) < 4.78 is 44.7. The molecule has 0 atom stereocenters. The number of carbonyl (C=O) groups excluding carboxylic acids is 1. The van der Waals surface area contributed by atoms with Crippen molar-refractivity contribution in [3.05, 3.63) is 64.5 Å². The highest BCUT2D eigenvalue weighted by molar-refractivity contribution is 7.92. The fourth-order valence-electron chi connectivity index (χ4n) is 2.02. The molecule has 132 valence electrons. The zero-order valence-electron chi connectivity index (χ0n) is 13.0. The molecule has 10 heteroatoms. The van der Waals surface area contributed by atoms with Gasteiger partial charge in [0.1, 0.15) is 12.4 Å². The number of nitro benzene ring substituents is 1. The number of benzene rings is 2. The van der Waals surface area contributed by atoms with Crippen molar-refractivity contribution in [2.75, 3.05) is 18.0 Å². The number of esters is 1. The van der Waals surface area contributed by atoms with Crippen LogP contribution in [0.2, 0.25) is 0 Å². The van der Waals surface area contributed by atoms with Gasteiger partial charge in [0.15, 0.2) is 0 Å². The van der Waals surface area contributed by atoms with Crippen molar-refractivity contribution >= 4 is 27.4 Å². The number of halogens is 1. The second-order valence-corrected chi connectivity index (χ2v) is 6.66. The number of hydrogen-bond donors (Lipinski definition) is 0. The van der Waals surface area contributed by atoms with Crippen LogP contribution in [0.25, 0.3) is 0 Å². The lowest BCUT2D eigenvalue weighted by molar-refractivity contribution is -0.385. The molecule has 0 spiro atoms. The van der Waals surface area contributed by atoms with Crippen LogP contribution < -0.4 is 4.31 Å². The van der Waals surface area contributed by atoms with Gasteiger partial charge in [-0.2, -0.15) is 0 Å². The van der Waals surface area contributed by atoms with Crippen LogP contribution in [-0.2, 0) is 19.6 Å². The summed E-state index contributed by atoms with van der Waals surface area (Å²) in [5.74, 6) is -1.79. The van der Waals surface area contributed by atoms with Crippen LogP contribution in [0.5, 0.6) is 0 Å². The van der Waals surface area contributed by atoms with Crippen molar-refractivity contribution in [1.29, 1.82) is 0 Å². The minimum absolute atomic E-state index is 0.376. The molecule has 0 aliphatic carbocycles. The molecular formula is C15H13FN2O6S. The standard InChI is InChI=1S/C15H13FN2O6S/c1-24-15(19)10-17(14-8-3-2-7-13(14)16)25(22,23)12-6-4-5-11(9-12)18(20)21/h2-9H,10H2,1H3. The van der Waals surface area contributed by atoms with Gasteiger partial charge < -0.3 is 4.74 Å². The quantitative estimate of drug-likeness (QED) is 0.439. The minimum Gasteiger partial charge on any atom is -0.468 e. The van der Waals surface area contributed by atoms with Gasteiger partial charge in [0.2, 0.25) is 0 Å². The lowest BCUT2D eigenvalue weighted by Gasteiger charge is -2.23. The number of sulfonamides is 1. The molecule has 0 aliphatic heterocycles. The van der Waals surface area contributed by atoms with Crippen LogP contribution in [0.1, 0.15) is 0 Å². The smallest absolute Gasteiger partial charge is 0.326 e. The van der Waals surface area contributed by atoms with Gasteiger partial charge in [-0.05, 0) is 18.2 Å². The van der Waals surface area contributed by atoms with Crippen molar-refractivity contribution < 1.29 is 27.3 Å². The summed E-state index contributed by atoms with van der Waals surface area (Å²) in [6.45, 7) is -0.789. The topological polar surface area (TPSA) is 107 Å². The Labute approximate surface area is 142 Å². The number of carbonyl (C=O) groups is 1. The van der Waals surface area contributed by atoms with Gasteiger partial charge >= 0.3 is 5.97 Å². The van der Waals surface area contributed by atoms with Crippen LogP contribution in [0.4, 0.5) is 15.8 Å². The van der Waals surface area contributed by atoms with Crippen LogP contribution in [0.3, 0.4) is 0 Å². The first kappa shape index (κ1) is 18.3. The monoisotopic (exact) mass is 368 g/mol. The average Bonchev–Trinajstić information content (AvgIpc) is 2.60. The van der Waals surface area contributed by atoms with Crippen molar-refractivity contribution in [1.82, 2.24) is 0 Å². The Hall–Kier alpha value is -3.01. The molecule has 0 saturated carbocycles. The molecular weight excluding hydrogens is 355 g/mol. The fraction of sp³-hybridized carbons (Fsp3) is 0.133. The SMILES string of the molecule is COC(=O)CN(c1ccccc1F)S(=O)(=O)c1cccc([N+](=O)[O-])c1. The van der Waals surface area contributed by atoms with Crippen molar-refractivity contribution in [2.45, 2.75) is 4.90 Å². The first-order valence-electron chi connectivity index (χ1n) is 6.86. The Morgan fingerprint density at radius 2 is 1.92 bits per heavy atom. The van der Waals surface area contributed by atoms with E-state index in [0.717, 1.165) is 31.4 Å². The number of nitrogens with zero attached hydrogens (tertiary/aromatic N) is 2. The molecule has 8 nitrogen and oxygen atoms in total. The Bertz CT molecular complexity index is 916. The molecule has 0 bridgehead atoms. The van der Waals surface area contributed by atoms with Crippen LogP contribution in [-0.4, -0.2) is 33.0 Å². The highest BCUT2D eigenvalue weighted by Gasteiger charge is 2.30. The van der Waals surface area contributed by atoms with Crippen LogP contribution in [0, 0.1) is 15.9 Å². The lowest BCUT2D eigenvalue weighted by atomic mass is 10.3. The molecule has 0 saturated heterocycles. The number of methoxy groups -OCH3 is 1. The molecule has 0 heterocycles. The van der Waals surface area contributed by atoms with E-state index in [1.54, 1.807) is 0 Å². The van der Waals surface area contributed by atoms with E-state index in [-0.39, 0.29) is 5.69 Å². The van der Waals surface area contributed by atoms with E-state index in [0.29, 0.717) is 4.31 Å². The molecule has 0 amide bonds. The van der Waals surface area contributed by atoms with Crippen molar-refractivity contribution in [3.8, 4) is 0 Å². The van der Waals surface area contributed by atoms with E-state index in [9.17, 15) is 27.7 Å². The van der Waals surface area contributed by atoms with Gasteiger partial charge in [-0.15, -0.1) is 0 Å². The predicted molar refractivity (Wildman–Crippen MR) is 86.0 cm³/mol. The van der Waals surface area contributed by atoms with E-state index in [1.807, 2.05) is 0 Å². The molecule has 0 aliphatic rings. The molecule has 0 unspecified atom stereocenters. The maximum atomic E-state index is 14.1. The Morgan fingerprint density at radius 3 is 2.52 bits per heavy atom. The Morgan fingerprint density at radius 1 is 1.24 bits per heavy atom. The van der Waals surface area contributed by atoms with Crippen LogP contribution in [0.15, 0.2) is 53.4 Å². The Balaban J connectivity index is 2.59. The molecule has 0 radical (unpaired) electrons. The first-order chi connectivity index (χ1) is 11.8. The molecule has 0 fully saturated rings. The molecule has 0 N–H and O–H groups in total. The predicted octanol–water partition coefficient (Wildman–Crippen LogP) is 2.10. The van der Waals surface area contributed by atoms with E-state index >= 15 is 0 Å². The second-order valence-electron chi connectivity index (χ2n) is 4.79.